The third-order valence-electron chi connectivity index (χ3n) is 4.06. The Morgan fingerprint density at radius 2 is 1.69 bits per heavy atom. The molecule has 0 saturated carbocycles. The van der Waals surface area contributed by atoms with Gasteiger partial charge in [0.15, 0.2) is 11.5 Å². The highest BCUT2D eigenvalue weighted by molar-refractivity contribution is 6.05. The molecule has 0 atom stereocenters. The summed E-state index contributed by atoms with van der Waals surface area (Å²) in [5.41, 5.74) is 1.96. The first kappa shape index (κ1) is 20.3. The van der Waals surface area contributed by atoms with Gasteiger partial charge in [0, 0.05) is 29.2 Å². The number of carbonyl (C=O) groups is 1. The van der Waals surface area contributed by atoms with Crippen LogP contribution >= 0.6 is 0 Å². The van der Waals surface area contributed by atoms with Crippen LogP contribution in [0, 0.1) is 0 Å². The number of rotatable bonds is 9. The number of benzene rings is 2. The first-order chi connectivity index (χ1) is 14.2. The second-order valence-corrected chi connectivity index (χ2v) is 6.07. The fraction of sp³-hybridized carbons (Fsp3) is 0.273. The summed E-state index contributed by atoms with van der Waals surface area (Å²) in [7, 11) is 0. The van der Waals surface area contributed by atoms with Crippen LogP contribution in [-0.2, 0) is 0 Å². The molecule has 1 heterocycles. The molecule has 0 fully saturated rings. The van der Waals surface area contributed by atoms with Crippen LogP contribution in [0.25, 0.3) is 11.4 Å². The van der Waals surface area contributed by atoms with Crippen molar-refractivity contribution in [3.63, 3.8) is 0 Å². The van der Waals surface area contributed by atoms with Crippen molar-refractivity contribution in [2.24, 2.45) is 0 Å². The van der Waals surface area contributed by atoms with Gasteiger partial charge in [0.25, 0.3) is 5.91 Å². The van der Waals surface area contributed by atoms with E-state index in [2.05, 4.69) is 15.3 Å². The largest absolute Gasteiger partial charge is 0.490 e. The number of carbonyl (C=O) groups excluding carboxylic acids is 1. The summed E-state index contributed by atoms with van der Waals surface area (Å²) in [4.78, 5) is 20.2. The molecule has 2 aromatic carbocycles. The van der Waals surface area contributed by atoms with Crippen LogP contribution in [-0.4, -0.2) is 35.7 Å². The zero-order valence-electron chi connectivity index (χ0n) is 16.8. The molecule has 0 saturated heterocycles. The summed E-state index contributed by atoms with van der Waals surface area (Å²) in [5.74, 6) is 1.93. The van der Waals surface area contributed by atoms with E-state index in [1.165, 1.54) is 0 Å². The molecule has 1 aromatic heterocycles. The van der Waals surface area contributed by atoms with E-state index in [0.717, 1.165) is 11.4 Å². The third-order valence-corrected chi connectivity index (χ3v) is 4.06. The Labute approximate surface area is 170 Å². The zero-order valence-corrected chi connectivity index (χ0v) is 16.8. The van der Waals surface area contributed by atoms with Gasteiger partial charge in [0.05, 0.1) is 19.8 Å². The van der Waals surface area contributed by atoms with Crippen LogP contribution in [0.3, 0.4) is 0 Å². The molecular weight excluding hydrogens is 370 g/mol. The average Bonchev–Trinajstić information content (AvgIpc) is 3.26. The summed E-state index contributed by atoms with van der Waals surface area (Å²) < 4.78 is 17.1. The lowest BCUT2D eigenvalue weighted by Crippen LogP contribution is -2.13. The zero-order chi connectivity index (χ0) is 20.6. The Bertz CT molecular complexity index is 927. The standard InChI is InChI=1S/C22H25N3O4/c1-4-27-18-13-16(14-19(28-5-2)20(18)29-6-3)22(26)25-17-9-7-8-15(12-17)21-23-10-11-24-21/h7-14H,4-6H2,1-3H3,(H,23,24)(H,25,26). The molecule has 0 unspecified atom stereocenters. The van der Waals surface area contributed by atoms with Crippen LogP contribution in [0.1, 0.15) is 31.1 Å². The second-order valence-electron chi connectivity index (χ2n) is 6.07. The van der Waals surface area contributed by atoms with E-state index < -0.39 is 0 Å². The first-order valence-corrected chi connectivity index (χ1v) is 9.63. The van der Waals surface area contributed by atoms with E-state index in [1.54, 1.807) is 24.5 Å². The number of aromatic nitrogens is 2. The minimum atomic E-state index is -0.272. The number of amides is 1. The van der Waals surface area contributed by atoms with Crippen LogP contribution in [0.4, 0.5) is 5.69 Å². The van der Waals surface area contributed by atoms with Gasteiger partial charge in [-0.1, -0.05) is 12.1 Å². The molecule has 0 bridgehead atoms. The van der Waals surface area contributed by atoms with Crippen molar-refractivity contribution in [2.45, 2.75) is 20.8 Å². The van der Waals surface area contributed by atoms with Crippen molar-refractivity contribution in [1.82, 2.24) is 9.97 Å². The van der Waals surface area contributed by atoms with Crippen molar-refractivity contribution in [3.05, 3.63) is 54.4 Å². The Morgan fingerprint density at radius 1 is 1.00 bits per heavy atom. The quantitative estimate of drug-likeness (QED) is 0.556. The second kappa shape index (κ2) is 9.64. The normalized spacial score (nSPS) is 10.4. The Kier molecular flexibility index (Phi) is 6.73. The number of hydrogen-bond donors (Lipinski definition) is 2. The average molecular weight is 395 g/mol. The van der Waals surface area contributed by atoms with E-state index in [1.807, 2.05) is 45.0 Å². The highest BCUT2D eigenvalue weighted by Crippen LogP contribution is 2.39. The molecule has 3 rings (SSSR count). The molecule has 7 heteroatoms. The summed E-state index contributed by atoms with van der Waals surface area (Å²) in [6, 6.07) is 10.8. The highest BCUT2D eigenvalue weighted by atomic mass is 16.5. The van der Waals surface area contributed by atoms with Gasteiger partial charge in [0.1, 0.15) is 5.82 Å². The monoisotopic (exact) mass is 395 g/mol. The van der Waals surface area contributed by atoms with Crippen LogP contribution in [0.2, 0.25) is 0 Å². The summed E-state index contributed by atoms with van der Waals surface area (Å²) >= 11 is 0. The van der Waals surface area contributed by atoms with Gasteiger partial charge < -0.3 is 24.5 Å². The maximum absolute atomic E-state index is 12.9. The predicted molar refractivity (Wildman–Crippen MR) is 112 cm³/mol. The minimum Gasteiger partial charge on any atom is -0.490 e. The maximum Gasteiger partial charge on any atom is 0.255 e. The SMILES string of the molecule is CCOc1cc(C(=O)Nc2cccc(-c3ncc[nH]3)c2)cc(OCC)c1OCC. The Hall–Kier alpha value is -3.48. The number of nitrogens with one attached hydrogen (secondary N) is 2. The number of hydrogen-bond acceptors (Lipinski definition) is 5. The van der Waals surface area contributed by atoms with Gasteiger partial charge in [-0.05, 0) is 45.0 Å². The van der Waals surface area contributed by atoms with Crippen LogP contribution in [0.15, 0.2) is 48.8 Å². The van der Waals surface area contributed by atoms with Gasteiger partial charge in [-0.15, -0.1) is 0 Å². The number of H-pyrrole nitrogens is 1. The fourth-order valence-corrected chi connectivity index (χ4v) is 2.89. The molecule has 29 heavy (non-hydrogen) atoms. The van der Waals surface area contributed by atoms with Crippen molar-refractivity contribution in [2.75, 3.05) is 25.1 Å². The lowest BCUT2D eigenvalue weighted by atomic mass is 10.1. The molecule has 3 aromatic rings. The molecule has 7 nitrogen and oxygen atoms in total. The van der Waals surface area contributed by atoms with Crippen LogP contribution in [0.5, 0.6) is 17.2 Å². The molecular formula is C22H25N3O4. The molecule has 0 radical (unpaired) electrons. The maximum atomic E-state index is 12.9. The fourth-order valence-electron chi connectivity index (χ4n) is 2.89. The topological polar surface area (TPSA) is 85.5 Å². The van der Waals surface area contributed by atoms with Gasteiger partial charge in [-0.25, -0.2) is 4.98 Å². The molecule has 0 spiro atoms. The Morgan fingerprint density at radius 3 is 2.28 bits per heavy atom. The third kappa shape index (κ3) is 4.87. The molecule has 1 amide bonds. The van der Waals surface area contributed by atoms with E-state index >= 15 is 0 Å². The summed E-state index contributed by atoms with van der Waals surface area (Å²) in [5, 5.41) is 2.92. The van der Waals surface area contributed by atoms with Crippen molar-refractivity contribution in [3.8, 4) is 28.6 Å². The molecule has 152 valence electrons. The lowest BCUT2D eigenvalue weighted by molar-refractivity contribution is 0.102. The van der Waals surface area contributed by atoms with Gasteiger partial charge >= 0.3 is 0 Å². The van der Waals surface area contributed by atoms with E-state index in [4.69, 9.17) is 14.2 Å². The van der Waals surface area contributed by atoms with Gasteiger partial charge in [-0.2, -0.15) is 0 Å². The van der Waals surface area contributed by atoms with Crippen molar-refractivity contribution in [1.29, 1.82) is 0 Å². The number of anilines is 1. The van der Waals surface area contributed by atoms with E-state index in [9.17, 15) is 4.79 Å². The predicted octanol–water partition coefficient (Wildman–Crippen LogP) is 4.53. The molecule has 0 aliphatic rings. The lowest BCUT2D eigenvalue weighted by Gasteiger charge is -2.17. The Balaban J connectivity index is 1.89. The number of nitrogens with zero attached hydrogens (tertiary/aromatic N) is 1. The van der Waals surface area contributed by atoms with Crippen molar-refractivity contribution < 1.29 is 19.0 Å². The minimum absolute atomic E-state index is 0.272. The smallest absolute Gasteiger partial charge is 0.255 e. The number of ether oxygens (including phenoxy) is 3. The van der Waals surface area contributed by atoms with Crippen molar-refractivity contribution >= 4 is 11.6 Å². The first-order valence-electron chi connectivity index (χ1n) is 9.63. The van der Waals surface area contributed by atoms with Gasteiger partial charge in [0.2, 0.25) is 5.75 Å². The van der Waals surface area contributed by atoms with Crippen LogP contribution < -0.4 is 19.5 Å². The summed E-state index contributed by atoms with van der Waals surface area (Å²) in [6.07, 6.45) is 3.44. The number of aromatic amines is 1. The molecule has 0 aliphatic carbocycles. The van der Waals surface area contributed by atoms with E-state index in [-0.39, 0.29) is 5.91 Å². The molecule has 2 N–H and O–H groups in total. The summed E-state index contributed by atoms with van der Waals surface area (Å²) in [6.45, 7) is 7.00. The number of imidazole rings is 1. The highest BCUT2D eigenvalue weighted by Gasteiger charge is 2.18. The van der Waals surface area contributed by atoms with E-state index in [0.29, 0.717) is 48.3 Å². The van der Waals surface area contributed by atoms with Gasteiger partial charge in [-0.3, -0.25) is 4.79 Å². The molecule has 0 aliphatic heterocycles.